The third-order valence-electron chi connectivity index (χ3n) is 4.03. The molecule has 1 unspecified atom stereocenters. The Kier molecular flexibility index (Phi) is 4.77. The summed E-state index contributed by atoms with van der Waals surface area (Å²) in [5.74, 6) is -1.84. The molecule has 2 heterocycles. The van der Waals surface area contributed by atoms with Gasteiger partial charge in [0.25, 0.3) is 0 Å². The van der Waals surface area contributed by atoms with Crippen LogP contribution in [-0.4, -0.2) is 42.0 Å². The summed E-state index contributed by atoms with van der Waals surface area (Å²) in [6, 6.07) is 1.95. The lowest BCUT2D eigenvalue weighted by Gasteiger charge is -2.35. The summed E-state index contributed by atoms with van der Waals surface area (Å²) in [5.41, 5.74) is 5.91. The molecule has 1 fully saturated rings. The van der Waals surface area contributed by atoms with E-state index in [0.29, 0.717) is 26.2 Å². The Balaban J connectivity index is 1.64. The van der Waals surface area contributed by atoms with Crippen LogP contribution < -0.4 is 10.6 Å². The van der Waals surface area contributed by atoms with Gasteiger partial charge in [-0.2, -0.15) is 0 Å². The zero-order chi connectivity index (χ0) is 17.3. The van der Waals surface area contributed by atoms with Crippen LogP contribution in [0.25, 0.3) is 0 Å². The highest BCUT2D eigenvalue weighted by Crippen LogP contribution is 2.24. The Morgan fingerprint density at radius 1 is 1.29 bits per heavy atom. The zero-order valence-corrected chi connectivity index (χ0v) is 14.0. The van der Waals surface area contributed by atoms with Crippen molar-refractivity contribution in [2.75, 3.05) is 31.1 Å². The molecule has 2 aromatic rings. The van der Waals surface area contributed by atoms with Gasteiger partial charge in [-0.3, -0.25) is 4.79 Å². The standard InChI is InChI=1S/C16H18F2N4OS/c1-10-9-20-16(24-10)22-6-4-21(5-7-22)15(23)14(19)12-3-2-11(17)8-13(12)18/h2-3,8-9,14H,4-7,19H2,1H3. The van der Waals surface area contributed by atoms with Gasteiger partial charge in [0, 0.05) is 48.9 Å². The van der Waals surface area contributed by atoms with Crippen LogP contribution in [0.1, 0.15) is 16.5 Å². The Hall–Kier alpha value is -2.06. The van der Waals surface area contributed by atoms with Gasteiger partial charge in [0.1, 0.15) is 17.7 Å². The molecule has 1 aromatic heterocycles. The maximum Gasteiger partial charge on any atom is 0.244 e. The summed E-state index contributed by atoms with van der Waals surface area (Å²) in [4.78, 5) is 21.7. The van der Waals surface area contributed by atoms with Crippen molar-refractivity contribution in [3.05, 3.63) is 46.5 Å². The van der Waals surface area contributed by atoms with Gasteiger partial charge >= 0.3 is 0 Å². The normalized spacial score (nSPS) is 16.3. The maximum absolute atomic E-state index is 13.8. The number of aromatic nitrogens is 1. The van der Waals surface area contributed by atoms with Gasteiger partial charge in [-0.05, 0) is 13.0 Å². The quantitative estimate of drug-likeness (QED) is 0.919. The monoisotopic (exact) mass is 352 g/mol. The zero-order valence-electron chi connectivity index (χ0n) is 13.2. The highest BCUT2D eigenvalue weighted by Gasteiger charge is 2.28. The van der Waals surface area contributed by atoms with Crippen molar-refractivity contribution in [3.8, 4) is 0 Å². The lowest BCUT2D eigenvalue weighted by Crippen LogP contribution is -2.51. The van der Waals surface area contributed by atoms with E-state index in [1.165, 1.54) is 6.07 Å². The second kappa shape index (κ2) is 6.82. The number of nitrogens with zero attached hydrogens (tertiary/aromatic N) is 3. The second-order valence-electron chi connectivity index (χ2n) is 5.71. The van der Waals surface area contributed by atoms with E-state index in [1.807, 2.05) is 13.1 Å². The van der Waals surface area contributed by atoms with E-state index in [4.69, 9.17) is 5.73 Å². The van der Waals surface area contributed by atoms with Crippen molar-refractivity contribution in [2.45, 2.75) is 13.0 Å². The summed E-state index contributed by atoms with van der Waals surface area (Å²) in [6.45, 7) is 4.29. The van der Waals surface area contributed by atoms with Crippen molar-refractivity contribution < 1.29 is 13.6 Å². The number of amides is 1. The van der Waals surface area contributed by atoms with Crippen LogP contribution >= 0.6 is 11.3 Å². The number of thiazole rings is 1. The fourth-order valence-corrected chi connectivity index (χ4v) is 3.50. The van der Waals surface area contributed by atoms with E-state index >= 15 is 0 Å². The molecule has 1 atom stereocenters. The van der Waals surface area contributed by atoms with Crippen molar-refractivity contribution >= 4 is 22.4 Å². The predicted octanol–water partition coefficient (Wildman–Crippen LogP) is 2.08. The minimum Gasteiger partial charge on any atom is -0.345 e. The molecule has 128 valence electrons. The number of benzene rings is 1. The molecule has 0 saturated carbocycles. The molecule has 1 saturated heterocycles. The molecule has 3 rings (SSSR count). The van der Waals surface area contributed by atoms with E-state index in [2.05, 4.69) is 9.88 Å². The molecule has 0 radical (unpaired) electrons. The average molecular weight is 352 g/mol. The van der Waals surface area contributed by atoms with Gasteiger partial charge in [0.05, 0.1) is 0 Å². The van der Waals surface area contributed by atoms with E-state index in [9.17, 15) is 13.6 Å². The van der Waals surface area contributed by atoms with Gasteiger partial charge in [-0.15, -0.1) is 11.3 Å². The summed E-state index contributed by atoms with van der Waals surface area (Å²) in [7, 11) is 0. The van der Waals surface area contributed by atoms with Crippen LogP contribution in [0.2, 0.25) is 0 Å². The molecule has 1 aliphatic heterocycles. The fourth-order valence-electron chi connectivity index (χ4n) is 2.69. The Labute approximate surface area is 142 Å². The molecular formula is C16H18F2N4OS. The second-order valence-corrected chi connectivity index (χ2v) is 6.92. The van der Waals surface area contributed by atoms with Gasteiger partial charge in [-0.25, -0.2) is 13.8 Å². The summed E-state index contributed by atoms with van der Waals surface area (Å²) >= 11 is 1.61. The minimum atomic E-state index is -1.13. The van der Waals surface area contributed by atoms with Crippen molar-refractivity contribution in [1.82, 2.24) is 9.88 Å². The molecule has 8 heteroatoms. The number of rotatable bonds is 3. The van der Waals surface area contributed by atoms with Crippen LogP contribution in [0.5, 0.6) is 0 Å². The molecular weight excluding hydrogens is 334 g/mol. The first kappa shape index (κ1) is 16.8. The molecule has 1 amide bonds. The number of carbonyl (C=O) groups is 1. The lowest BCUT2D eigenvalue weighted by atomic mass is 10.1. The first-order valence-corrected chi connectivity index (χ1v) is 8.44. The van der Waals surface area contributed by atoms with Gasteiger partial charge < -0.3 is 15.5 Å². The van der Waals surface area contributed by atoms with Gasteiger partial charge in [0.2, 0.25) is 5.91 Å². The highest BCUT2D eigenvalue weighted by molar-refractivity contribution is 7.15. The van der Waals surface area contributed by atoms with E-state index in [0.717, 1.165) is 22.1 Å². The molecule has 0 bridgehead atoms. The van der Waals surface area contributed by atoms with Crippen LogP contribution in [-0.2, 0) is 4.79 Å². The summed E-state index contributed by atoms with van der Waals surface area (Å²) < 4.78 is 26.8. The number of piperazine rings is 1. The smallest absolute Gasteiger partial charge is 0.244 e. The number of halogens is 2. The van der Waals surface area contributed by atoms with Crippen molar-refractivity contribution in [3.63, 3.8) is 0 Å². The topological polar surface area (TPSA) is 62.5 Å². The number of carbonyl (C=O) groups excluding carboxylic acids is 1. The number of hydrogen-bond acceptors (Lipinski definition) is 5. The van der Waals surface area contributed by atoms with Gasteiger partial charge in [-0.1, -0.05) is 6.07 Å². The molecule has 5 nitrogen and oxygen atoms in total. The molecule has 1 aromatic carbocycles. The summed E-state index contributed by atoms with van der Waals surface area (Å²) in [6.07, 6.45) is 1.82. The highest BCUT2D eigenvalue weighted by atomic mass is 32.1. The van der Waals surface area contributed by atoms with E-state index in [-0.39, 0.29) is 11.5 Å². The minimum absolute atomic E-state index is 0.0133. The van der Waals surface area contributed by atoms with E-state index < -0.39 is 17.7 Å². The molecule has 24 heavy (non-hydrogen) atoms. The van der Waals surface area contributed by atoms with Crippen LogP contribution in [0.4, 0.5) is 13.9 Å². The van der Waals surface area contributed by atoms with Crippen molar-refractivity contribution in [2.24, 2.45) is 5.73 Å². The number of aryl methyl sites for hydroxylation is 1. The molecule has 1 aliphatic rings. The van der Waals surface area contributed by atoms with Crippen LogP contribution in [0.15, 0.2) is 24.4 Å². The number of nitrogens with two attached hydrogens (primary N) is 1. The number of anilines is 1. The average Bonchev–Trinajstić information content (AvgIpc) is 3.00. The summed E-state index contributed by atoms with van der Waals surface area (Å²) in [5, 5.41) is 0.938. The first-order valence-electron chi connectivity index (χ1n) is 7.62. The molecule has 0 spiro atoms. The Bertz CT molecular complexity index is 743. The predicted molar refractivity (Wildman–Crippen MR) is 88.9 cm³/mol. The van der Waals surface area contributed by atoms with Crippen molar-refractivity contribution in [1.29, 1.82) is 0 Å². The molecule has 2 N–H and O–H groups in total. The largest absolute Gasteiger partial charge is 0.345 e. The lowest BCUT2D eigenvalue weighted by molar-refractivity contribution is -0.133. The fraction of sp³-hybridized carbons (Fsp3) is 0.375. The SMILES string of the molecule is Cc1cnc(N2CCN(C(=O)C(N)c3ccc(F)cc3F)CC2)s1. The van der Waals surface area contributed by atoms with Crippen LogP contribution in [0.3, 0.4) is 0 Å². The number of hydrogen-bond donors (Lipinski definition) is 1. The van der Waals surface area contributed by atoms with Gasteiger partial charge in [0.15, 0.2) is 5.13 Å². The molecule has 0 aliphatic carbocycles. The maximum atomic E-state index is 13.8. The van der Waals surface area contributed by atoms with Crippen LogP contribution in [0, 0.1) is 18.6 Å². The third kappa shape index (κ3) is 3.39. The Morgan fingerprint density at radius 3 is 2.58 bits per heavy atom. The van der Waals surface area contributed by atoms with E-state index in [1.54, 1.807) is 16.2 Å². The Morgan fingerprint density at radius 2 is 2.00 bits per heavy atom. The first-order chi connectivity index (χ1) is 11.5. The third-order valence-corrected chi connectivity index (χ3v) is 5.01.